The molecule has 0 saturated heterocycles. The summed E-state index contributed by atoms with van der Waals surface area (Å²) in [7, 11) is 7.85. The molecule has 0 aromatic heterocycles. The topological polar surface area (TPSA) is 40.5 Å². The summed E-state index contributed by atoms with van der Waals surface area (Å²) in [4.78, 5) is 10.6. The quantitative estimate of drug-likeness (QED) is 0.359. The number of hydrogen-bond donors (Lipinski definition) is 0. The van der Waals surface area contributed by atoms with Crippen molar-refractivity contribution in [3.8, 4) is 5.75 Å². The van der Waals surface area contributed by atoms with E-state index in [2.05, 4.69) is 33.1 Å². The Balaban J connectivity index is 2.18. The van der Waals surface area contributed by atoms with E-state index < -0.39 is 7.51 Å². The lowest BCUT2D eigenvalue weighted by atomic mass is 10.1. The van der Waals surface area contributed by atoms with Crippen LogP contribution in [0.2, 0.25) is 0 Å². The molecule has 2 aromatic carbocycles. The highest BCUT2D eigenvalue weighted by molar-refractivity contribution is 7.58. The van der Waals surface area contributed by atoms with E-state index in [1.54, 1.807) is 0 Å². The second kappa shape index (κ2) is 10.0. The van der Waals surface area contributed by atoms with E-state index in [1.807, 2.05) is 77.7 Å². The summed E-state index contributed by atoms with van der Waals surface area (Å²) in [5.74, 6) is 0.834. The van der Waals surface area contributed by atoms with Gasteiger partial charge < -0.3 is 4.74 Å². The van der Waals surface area contributed by atoms with E-state index in [0.29, 0.717) is 13.3 Å². The number of aryl methyl sites for hydroxylation is 1. The third-order valence-corrected chi connectivity index (χ3v) is 7.85. The number of benzene rings is 2. The minimum atomic E-state index is -2.24. The molecule has 2 aromatic rings. The van der Waals surface area contributed by atoms with Crippen LogP contribution in [-0.4, -0.2) is 56.0 Å². The molecular weight excluding hydrogens is 359 g/mol. The smallest absolute Gasteiger partial charge is 0.199 e. The Labute approximate surface area is 163 Å². The number of para-hydroxylation sites is 1. The lowest BCUT2D eigenvalue weighted by Crippen LogP contribution is -2.35. The lowest BCUT2D eigenvalue weighted by Gasteiger charge is -2.41. The average Bonchev–Trinajstić information content (AvgIpc) is 2.65. The fourth-order valence-electron chi connectivity index (χ4n) is 2.89. The van der Waals surface area contributed by atoms with Gasteiger partial charge >= 0.3 is 0 Å². The van der Waals surface area contributed by atoms with Crippen LogP contribution < -0.4 is 4.74 Å². The van der Waals surface area contributed by atoms with Crippen molar-refractivity contribution in [2.24, 2.45) is 4.91 Å². The summed E-state index contributed by atoms with van der Waals surface area (Å²) in [5.41, 5.74) is 2.34. The van der Waals surface area contributed by atoms with Crippen LogP contribution in [0.4, 0.5) is 0 Å². The predicted octanol–water partition coefficient (Wildman–Crippen LogP) is 4.46. The molecule has 0 aliphatic carbocycles. The third kappa shape index (κ3) is 5.41. The monoisotopic (exact) mass is 390 g/mol. The summed E-state index contributed by atoms with van der Waals surface area (Å²) < 4.78 is 12.3. The molecule has 0 atom stereocenters. The maximum Gasteiger partial charge on any atom is 0.199 e. The fourth-order valence-corrected chi connectivity index (χ4v) is 5.67. The molecule has 0 aliphatic heterocycles. The maximum atomic E-state index is 5.94. The third-order valence-electron chi connectivity index (χ3n) is 4.34. The SMILES string of the molecule is Cc1ccccc1CON=P(N(C)C)(N(C)C)N(C)COc1ccccc1. The molecule has 27 heavy (non-hydrogen) atoms. The standard InChI is InChI=1S/C20H31N4O2P/c1-18-12-10-11-13-19(18)16-26-21-27(22(2)3,23(4)5)24(6)17-25-20-14-8-7-9-15-20/h7-15H,16-17H2,1-6H3. The fraction of sp³-hybridized carbons (Fsp3) is 0.400. The van der Waals surface area contributed by atoms with Crippen molar-refractivity contribution in [3.63, 3.8) is 0 Å². The van der Waals surface area contributed by atoms with Gasteiger partial charge in [0.15, 0.2) is 7.51 Å². The van der Waals surface area contributed by atoms with Gasteiger partial charge in [-0.05, 0) is 65.4 Å². The number of hydrogen-bond acceptors (Lipinski definition) is 3. The number of rotatable bonds is 9. The first kappa shape index (κ1) is 21.6. The molecule has 0 N–H and O–H groups in total. The molecule has 2 rings (SSSR count). The molecular formula is C20H31N4O2P. The van der Waals surface area contributed by atoms with Crippen molar-refractivity contribution in [2.45, 2.75) is 13.5 Å². The van der Waals surface area contributed by atoms with E-state index in [9.17, 15) is 0 Å². The molecule has 0 aliphatic rings. The van der Waals surface area contributed by atoms with Crippen LogP contribution >= 0.6 is 7.51 Å². The minimum absolute atomic E-state index is 0.408. The van der Waals surface area contributed by atoms with Gasteiger partial charge in [0.2, 0.25) is 0 Å². The van der Waals surface area contributed by atoms with Crippen molar-refractivity contribution < 1.29 is 9.57 Å². The van der Waals surface area contributed by atoms with Crippen LogP contribution in [0, 0.1) is 6.92 Å². The Kier molecular flexibility index (Phi) is 8.02. The molecule has 0 radical (unpaired) electrons. The Morgan fingerprint density at radius 2 is 1.44 bits per heavy atom. The van der Waals surface area contributed by atoms with Crippen LogP contribution in [0.1, 0.15) is 11.1 Å². The van der Waals surface area contributed by atoms with Gasteiger partial charge in [-0.1, -0.05) is 42.5 Å². The van der Waals surface area contributed by atoms with Crippen molar-refractivity contribution in [2.75, 3.05) is 42.0 Å². The van der Waals surface area contributed by atoms with Gasteiger partial charge in [0.1, 0.15) is 19.1 Å². The van der Waals surface area contributed by atoms with Gasteiger partial charge in [0.25, 0.3) is 0 Å². The van der Waals surface area contributed by atoms with Crippen molar-refractivity contribution in [3.05, 3.63) is 65.7 Å². The van der Waals surface area contributed by atoms with Gasteiger partial charge in [0.05, 0.1) is 0 Å². The Morgan fingerprint density at radius 1 is 0.852 bits per heavy atom. The number of nitrogens with zero attached hydrogens (tertiary/aromatic N) is 4. The first-order chi connectivity index (χ1) is 12.9. The summed E-state index contributed by atoms with van der Waals surface area (Å²) >= 11 is 0. The van der Waals surface area contributed by atoms with Crippen molar-refractivity contribution >= 4 is 7.51 Å². The van der Waals surface area contributed by atoms with Crippen LogP contribution in [-0.2, 0) is 11.4 Å². The highest BCUT2D eigenvalue weighted by atomic mass is 31.2. The predicted molar refractivity (Wildman–Crippen MR) is 112 cm³/mol. The molecule has 0 bridgehead atoms. The van der Waals surface area contributed by atoms with Gasteiger partial charge in [-0.25, -0.2) is 9.51 Å². The summed E-state index contributed by atoms with van der Waals surface area (Å²) in [6, 6.07) is 18.0. The molecule has 148 valence electrons. The van der Waals surface area contributed by atoms with E-state index in [0.717, 1.165) is 11.3 Å². The molecule has 0 unspecified atom stereocenters. The summed E-state index contributed by atoms with van der Waals surface area (Å²) in [6.07, 6.45) is 0. The zero-order valence-electron chi connectivity index (χ0n) is 17.2. The second-order valence-corrected chi connectivity index (χ2v) is 10.3. The molecule has 6 nitrogen and oxygen atoms in total. The molecule has 0 spiro atoms. The Hall–Kier alpha value is -1.69. The highest BCUT2D eigenvalue weighted by Crippen LogP contribution is 2.55. The first-order valence-electron chi connectivity index (χ1n) is 8.91. The van der Waals surface area contributed by atoms with Crippen LogP contribution in [0.25, 0.3) is 0 Å². The molecule has 7 heteroatoms. The summed E-state index contributed by atoms with van der Waals surface area (Å²) in [6.45, 7) is 2.94. The van der Waals surface area contributed by atoms with Gasteiger partial charge in [-0.3, -0.25) is 9.34 Å². The van der Waals surface area contributed by atoms with Gasteiger partial charge in [-0.15, -0.1) is 4.91 Å². The average molecular weight is 390 g/mol. The second-order valence-electron chi connectivity index (χ2n) is 6.76. The van der Waals surface area contributed by atoms with Gasteiger partial charge in [-0.2, -0.15) is 0 Å². The lowest BCUT2D eigenvalue weighted by molar-refractivity contribution is 0.123. The zero-order valence-corrected chi connectivity index (χ0v) is 18.1. The molecule has 0 heterocycles. The molecule has 0 saturated carbocycles. The summed E-state index contributed by atoms with van der Waals surface area (Å²) in [5, 5.41) is 0. The van der Waals surface area contributed by atoms with E-state index in [1.165, 1.54) is 5.56 Å². The van der Waals surface area contributed by atoms with E-state index in [4.69, 9.17) is 14.5 Å². The molecule has 0 fully saturated rings. The molecule has 0 amide bonds. The van der Waals surface area contributed by atoms with Crippen molar-refractivity contribution in [1.29, 1.82) is 0 Å². The van der Waals surface area contributed by atoms with E-state index in [-0.39, 0.29) is 0 Å². The maximum absolute atomic E-state index is 5.94. The zero-order chi connectivity index (χ0) is 19.9. The van der Waals surface area contributed by atoms with E-state index >= 15 is 0 Å². The van der Waals surface area contributed by atoms with Crippen LogP contribution in [0.3, 0.4) is 0 Å². The highest BCUT2D eigenvalue weighted by Gasteiger charge is 2.32. The largest absolute Gasteiger partial charge is 0.478 e. The van der Waals surface area contributed by atoms with Gasteiger partial charge in [0, 0.05) is 0 Å². The normalized spacial score (nSPS) is 12.0. The Morgan fingerprint density at radius 3 is 2.04 bits per heavy atom. The van der Waals surface area contributed by atoms with Crippen LogP contribution in [0.15, 0.2) is 59.5 Å². The van der Waals surface area contributed by atoms with Crippen LogP contribution in [0.5, 0.6) is 5.75 Å². The Bertz CT molecular complexity index is 754. The van der Waals surface area contributed by atoms with Crippen molar-refractivity contribution in [1.82, 2.24) is 14.0 Å². The minimum Gasteiger partial charge on any atom is -0.478 e. The first-order valence-corrected chi connectivity index (χ1v) is 10.5. The number of ether oxygens (including phenoxy) is 1.